The van der Waals surface area contributed by atoms with Gasteiger partial charge in [0.25, 0.3) is 5.91 Å². The Hall–Kier alpha value is -1.45. The van der Waals surface area contributed by atoms with Gasteiger partial charge in [-0.05, 0) is 73.1 Å². The Labute approximate surface area is 158 Å². The van der Waals surface area contributed by atoms with Crippen molar-refractivity contribution in [3.8, 4) is 0 Å². The number of hydrogen-bond acceptors (Lipinski definition) is 2. The van der Waals surface area contributed by atoms with Gasteiger partial charge in [-0.15, -0.1) is 11.8 Å². The van der Waals surface area contributed by atoms with Crippen LogP contribution >= 0.6 is 23.4 Å². The van der Waals surface area contributed by atoms with Gasteiger partial charge in [0.2, 0.25) is 0 Å². The lowest BCUT2D eigenvalue weighted by molar-refractivity contribution is 0.0923. The zero-order valence-corrected chi connectivity index (χ0v) is 15.7. The lowest BCUT2D eigenvalue weighted by atomic mass is 9.95. The SMILES string of the molecule is O=C(N[C@H]1C[C@@H]2CC[C@@H]1C2)c1ccc(CSc2ccc(Cl)cc2)cc1. The van der Waals surface area contributed by atoms with Crippen molar-refractivity contribution >= 4 is 29.3 Å². The largest absolute Gasteiger partial charge is 0.349 e. The fraction of sp³-hybridized carbons (Fsp3) is 0.381. The van der Waals surface area contributed by atoms with Crippen molar-refractivity contribution in [3.05, 3.63) is 64.7 Å². The summed E-state index contributed by atoms with van der Waals surface area (Å²) in [5.41, 5.74) is 1.99. The molecular weight excluding hydrogens is 350 g/mol. The van der Waals surface area contributed by atoms with Crippen molar-refractivity contribution in [3.63, 3.8) is 0 Å². The van der Waals surface area contributed by atoms with Crippen LogP contribution in [0.15, 0.2) is 53.4 Å². The molecule has 0 spiro atoms. The van der Waals surface area contributed by atoms with Gasteiger partial charge in [0.1, 0.15) is 0 Å². The average Bonchev–Trinajstić information content (AvgIpc) is 3.25. The Morgan fingerprint density at radius 2 is 1.80 bits per heavy atom. The highest BCUT2D eigenvalue weighted by molar-refractivity contribution is 7.98. The van der Waals surface area contributed by atoms with Crippen LogP contribution in [-0.4, -0.2) is 11.9 Å². The molecule has 2 fully saturated rings. The highest BCUT2D eigenvalue weighted by atomic mass is 35.5. The number of thioether (sulfide) groups is 1. The fourth-order valence-corrected chi connectivity index (χ4v) is 5.10. The van der Waals surface area contributed by atoms with Crippen LogP contribution in [0.2, 0.25) is 5.02 Å². The maximum Gasteiger partial charge on any atom is 0.251 e. The smallest absolute Gasteiger partial charge is 0.251 e. The van der Waals surface area contributed by atoms with E-state index in [1.807, 2.05) is 36.4 Å². The van der Waals surface area contributed by atoms with Crippen LogP contribution in [0.4, 0.5) is 0 Å². The van der Waals surface area contributed by atoms with Crippen LogP contribution in [0.5, 0.6) is 0 Å². The van der Waals surface area contributed by atoms with Crippen molar-refractivity contribution in [2.24, 2.45) is 11.8 Å². The Morgan fingerprint density at radius 3 is 2.44 bits per heavy atom. The van der Waals surface area contributed by atoms with Crippen molar-refractivity contribution in [1.82, 2.24) is 5.32 Å². The van der Waals surface area contributed by atoms with E-state index in [0.717, 1.165) is 22.3 Å². The number of fused-ring (bicyclic) bond motifs is 2. The van der Waals surface area contributed by atoms with E-state index in [1.165, 1.54) is 36.1 Å². The molecule has 25 heavy (non-hydrogen) atoms. The number of carbonyl (C=O) groups excluding carboxylic acids is 1. The number of amides is 1. The standard InChI is InChI=1S/C21H22ClNOS/c22-18-7-9-19(10-8-18)25-13-14-1-4-16(5-2-14)21(24)23-20-12-15-3-6-17(20)11-15/h1-2,4-5,7-10,15,17,20H,3,6,11-13H2,(H,23,24)/t15-,17-,20+/m1/s1. The number of nitrogens with one attached hydrogen (secondary N) is 1. The van der Waals surface area contributed by atoms with Crippen molar-refractivity contribution < 1.29 is 4.79 Å². The van der Waals surface area contributed by atoms with Crippen LogP contribution < -0.4 is 5.32 Å². The summed E-state index contributed by atoms with van der Waals surface area (Å²) in [5.74, 6) is 2.52. The third-order valence-electron chi connectivity index (χ3n) is 5.49. The number of carbonyl (C=O) groups is 1. The van der Waals surface area contributed by atoms with Gasteiger partial charge in [-0.2, -0.15) is 0 Å². The molecule has 0 heterocycles. The number of rotatable bonds is 5. The summed E-state index contributed by atoms with van der Waals surface area (Å²) in [6.45, 7) is 0. The molecule has 0 radical (unpaired) electrons. The van der Waals surface area contributed by atoms with Gasteiger partial charge in [-0.1, -0.05) is 30.2 Å². The second kappa shape index (κ2) is 7.43. The first-order chi connectivity index (χ1) is 12.2. The third-order valence-corrected chi connectivity index (χ3v) is 6.82. The molecule has 2 aromatic carbocycles. The topological polar surface area (TPSA) is 29.1 Å². The summed E-state index contributed by atoms with van der Waals surface area (Å²) in [5, 5.41) is 4.01. The predicted molar refractivity (Wildman–Crippen MR) is 104 cm³/mol. The first-order valence-electron chi connectivity index (χ1n) is 8.95. The molecule has 2 aliphatic rings. The van der Waals surface area contributed by atoms with Crippen LogP contribution in [-0.2, 0) is 5.75 Å². The minimum Gasteiger partial charge on any atom is -0.349 e. The molecular formula is C21H22ClNOS. The minimum absolute atomic E-state index is 0.0782. The minimum atomic E-state index is 0.0782. The highest BCUT2D eigenvalue weighted by Gasteiger charge is 2.40. The second-order valence-corrected chi connectivity index (χ2v) is 8.68. The molecule has 1 N–H and O–H groups in total. The van der Waals surface area contributed by atoms with Gasteiger partial charge in [0, 0.05) is 27.3 Å². The van der Waals surface area contributed by atoms with E-state index in [2.05, 4.69) is 17.4 Å². The van der Waals surface area contributed by atoms with E-state index < -0.39 is 0 Å². The molecule has 2 aliphatic carbocycles. The Balaban J connectivity index is 1.31. The first kappa shape index (κ1) is 17.0. The zero-order valence-electron chi connectivity index (χ0n) is 14.1. The molecule has 0 aliphatic heterocycles. The van der Waals surface area contributed by atoms with Gasteiger partial charge < -0.3 is 5.32 Å². The summed E-state index contributed by atoms with van der Waals surface area (Å²) in [7, 11) is 0. The monoisotopic (exact) mass is 371 g/mol. The van der Waals surface area contributed by atoms with Crippen molar-refractivity contribution in [2.75, 3.05) is 0 Å². The molecule has 2 aromatic rings. The van der Waals surface area contributed by atoms with Crippen LogP contribution in [0.3, 0.4) is 0 Å². The molecule has 4 heteroatoms. The molecule has 1 amide bonds. The van der Waals surface area contributed by atoms with Gasteiger partial charge >= 0.3 is 0 Å². The van der Waals surface area contributed by atoms with E-state index >= 15 is 0 Å². The molecule has 4 rings (SSSR count). The van der Waals surface area contributed by atoms with Gasteiger partial charge in [-0.25, -0.2) is 0 Å². The normalized spacial score (nSPS) is 24.4. The molecule has 0 aromatic heterocycles. The van der Waals surface area contributed by atoms with Crippen molar-refractivity contribution in [2.45, 2.75) is 42.4 Å². The first-order valence-corrected chi connectivity index (χ1v) is 10.3. The zero-order chi connectivity index (χ0) is 17.2. The summed E-state index contributed by atoms with van der Waals surface area (Å²) >= 11 is 7.68. The maximum atomic E-state index is 12.5. The Kier molecular flexibility index (Phi) is 5.05. The molecule has 2 bridgehead atoms. The molecule has 130 valence electrons. The fourth-order valence-electron chi connectivity index (χ4n) is 4.12. The summed E-state index contributed by atoms with van der Waals surface area (Å²) in [4.78, 5) is 13.7. The Bertz CT molecular complexity index is 743. The van der Waals surface area contributed by atoms with E-state index in [9.17, 15) is 4.79 Å². The van der Waals surface area contributed by atoms with Gasteiger partial charge in [0.15, 0.2) is 0 Å². The predicted octanol–water partition coefficient (Wildman–Crippen LogP) is 5.55. The quantitative estimate of drug-likeness (QED) is 0.698. The average molecular weight is 372 g/mol. The number of halogens is 1. The number of benzene rings is 2. The van der Waals surface area contributed by atoms with Gasteiger partial charge in [-0.3, -0.25) is 4.79 Å². The van der Waals surface area contributed by atoms with Gasteiger partial charge in [0.05, 0.1) is 0 Å². The maximum absolute atomic E-state index is 12.5. The second-order valence-electron chi connectivity index (χ2n) is 7.19. The van der Waals surface area contributed by atoms with Crippen molar-refractivity contribution in [1.29, 1.82) is 0 Å². The van der Waals surface area contributed by atoms with E-state index in [0.29, 0.717) is 12.0 Å². The van der Waals surface area contributed by atoms with Crippen LogP contribution in [0.1, 0.15) is 41.6 Å². The lowest BCUT2D eigenvalue weighted by Gasteiger charge is -2.22. The summed E-state index contributed by atoms with van der Waals surface area (Å²) < 4.78 is 0. The lowest BCUT2D eigenvalue weighted by Crippen LogP contribution is -2.38. The highest BCUT2D eigenvalue weighted by Crippen LogP contribution is 2.44. The van der Waals surface area contributed by atoms with Crippen LogP contribution in [0, 0.1) is 11.8 Å². The third kappa shape index (κ3) is 4.04. The molecule has 0 saturated heterocycles. The summed E-state index contributed by atoms with van der Waals surface area (Å²) in [6.07, 6.45) is 5.13. The van der Waals surface area contributed by atoms with Crippen LogP contribution in [0.25, 0.3) is 0 Å². The molecule has 0 unspecified atom stereocenters. The molecule has 3 atom stereocenters. The summed E-state index contributed by atoms with van der Waals surface area (Å²) in [6, 6.07) is 16.3. The Morgan fingerprint density at radius 1 is 1.04 bits per heavy atom. The molecule has 2 nitrogen and oxygen atoms in total. The van der Waals surface area contributed by atoms with E-state index in [1.54, 1.807) is 11.8 Å². The van der Waals surface area contributed by atoms with E-state index in [-0.39, 0.29) is 5.91 Å². The molecule has 2 saturated carbocycles. The number of hydrogen-bond donors (Lipinski definition) is 1. The van der Waals surface area contributed by atoms with E-state index in [4.69, 9.17) is 11.6 Å².